The summed E-state index contributed by atoms with van der Waals surface area (Å²) >= 11 is 1.33. The Bertz CT molecular complexity index is 1040. The van der Waals surface area contributed by atoms with E-state index in [1.54, 1.807) is 6.07 Å². The number of hydrogen-bond acceptors (Lipinski definition) is 5. The van der Waals surface area contributed by atoms with Gasteiger partial charge in [-0.05, 0) is 38.5 Å². The van der Waals surface area contributed by atoms with Gasteiger partial charge in [0.25, 0.3) is 5.91 Å². The Morgan fingerprint density at radius 3 is 2.58 bits per heavy atom. The van der Waals surface area contributed by atoms with Crippen LogP contribution in [0.2, 0.25) is 0 Å². The molecule has 3 aromatic rings. The average molecular weight is 438 g/mol. The first-order valence-corrected chi connectivity index (χ1v) is 11.2. The fourth-order valence-corrected chi connectivity index (χ4v) is 3.99. The van der Waals surface area contributed by atoms with E-state index in [1.807, 2.05) is 73.9 Å². The fraction of sp³-hybridized carbons (Fsp3) is 0.304. The molecule has 8 heteroatoms. The molecule has 3 rings (SSSR count). The second-order valence-corrected chi connectivity index (χ2v) is 8.13. The lowest BCUT2D eigenvalue weighted by Crippen LogP contribution is -2.28. The number of carbonyl (C=O) groups is 2. The first kappa shape index (κ1) is 22.6. The summed E-state index contributed by atoms with van der Waals surface area (Å²) in [6.45, 7) is 6.81. The number of aryl methyl sites for hydroxylation is 1. The molecule has 0 unspecified atom stereocenters. The van der Waals surface area contributed by atoms with Crippen LogP contribution in [0.3, 0.4) is 0 Å². The molecule has 0 aliphatic carbocycles. The van der Waals surface area contributed by atoms with Crippen molar-refractivity contribution in [3.05, 3.63) is 77.1 Å². The van der Waals surface area contributed by atoms with Gasteiger partial charge in [0.05, 0.1) is 18.3 Å². The monoisotopic (exact) mass is 437 g/mol. The van der Waals surface area contributed by atoms with E-state index in [2.05, 4.69) is 20.8 Å². The molecule has 0 saturated heterocycles. The molecule has 0 aliphatic heterocycles. The summed E-state index contributed by atoms with van der Waals surface area (Å²) in [6, 6.07) is 17.2. The summed E-state index contributed by atoms with van der Waals surface area (Å²) in [5.74, 6) is 0.675. The largest absolute Gasteiger partial charge is 0.349 e. The molecule has 0 fully saturated rings. The maximum atomic E-state index is 12.4. The lowest BCUT2D eigenvalue weighted by Gasteiger charge is -2.14. The Labute approximate surface area is 186 Å². The molecular formula is C23H27N5O2S. The molecule has 0 bridgehead atoms. The molecule has 0 saturated carbocycles. The van der Waals surface area contributed by atoms with E-state index in [-0.39, 0.29) is 30.2 Å². The van der Waals surface area contributed by atoms with Crippen molar-refractivity contribution in [2.45, 2.75) is 45.1 Å². The average Bonchev–Trinajstić information content (AvgIpc) is 3.18. The summed E-state index contributed by atoms with van der Waals surface area (Å²) in [6.07, 6.45) is 0. The molecule has 2 N–H and O–H groups in total. The van der Waals surface area contributed by atoms with Crippen molar-refractivity contribution in [2.75, 3.05) is 5.75 Å². The van der Waals surface area contributed by atoms with E-state index in [0.717, 1.165) is 11.1 Å². The number of aromatic nitrogens is 3. The summed E-state index contributed by atoms with van der Waals surface area (Å²) in [7, 11) is 0. The van der Waals surface area contributed by atoms with E-state index in [9.17, 15) is 9.59 Å². The Hall–Kier alpha value is -3.13. The smallest absolute Gasteiger partial charge is 0.251 e. The van der Waals surface area contributed by atoms with E-state index in [4.69, 9.17) is 0 Å². The van der Waals surface area contributed by atoms with Crippen LogP contribution in [0, 0.1) is 6.92 Å². The molecule has 1 aromatic heterocycles. The predicted octanol–water partition coefficient (Wildman–Crippen LogP) is 3.51. The molecule has 0 spiro atoms. The SMILES string of the molecule is CCn1c(CNC(=O)c2cccc(C)c2)nnc1SCC(=O)N[C@H](C)c1ccccc1. The number of nitrogens with one attached hydrogen (secondary N) is 2. The van der Waals surface area contributed by atoms with Gasteiger partial charge in [0, 0.05) is 12.1 Å². The van der Waals surface area contributed by atoms with Crippen molar-refractivity contribution in [2.24, 2.45) is 0 Å². The molecule has 0 radical (unpaired) electrons. The molecular weight excluding hydrogens is 410 g/mol. The van der Waals surface area contributed by atoms with Gasteiger partial charge in [-0.1, -0.05) is 59.8 Å². The van der Waals surface area contributed by atoms with Crippen LogP contribution in [0.25, 0.3) is 0 Å². The third kappa shape index (κ3) is 6.18. The summed E-state index contributed by atoms with van der Waals surface area (Å²) in [5, 5.41) is 15.0. The Morgan fingerprint density at radius 2 is 1.87 bits per heavy atom. The maximum Gasteiger partial charge on any atom is 0.251 e. The lowest BCUT2D eigenvalue weighted by atomic mass is 10.1. The van der Waals surface area contributed by atoms with Crippen molar-refractivity contribution in [1.82, 2.24) is 25.4 Å². The Morgan fingerprint density at radius 1 is 1.10 bits per heavy atom. The van der Waals surface area contributed by atoms with E-state index >= 15 is 0 Å². The fourth-order valence-electron chi connectivity index (χ4n) is 3.16. The normalized spacial score (nSPS) is 11.7. The minimum atomic E-state index is -0.155. The van der Waals surface area contributed by atoms with Crippen LogP contribution >= 0.6 is 11.8 Å². The summed E-state index contributed by atoms with van der Waals surface area (Å²) in [5.41, 5.74) is 2.70. The zero-order valence-electron chi connectivity index (χ0n) is 18.0. The zero-order valence-corrected chi connectivity index (χ0v) is 18.8. The molecule has 1 heterocycles. The van der Waals surface area contributed by atoms with Crippen LogP contribution < -0.4 is 10.6 Å². The molecule has 0 aliphatic rings. The number of benzene rings is 2. The third-order valence-corrected chi connectivity index (χ3v) is 5.77. The van der Waals surface area contributed by atoms with Crippen molar-refractivity contribution < 1.29 is 9.59 Å². The van der Waals surface area contributed by atoms with Gasteiger partial charge < -0.3 is 15.2 Å². The van der Waals surface area contributed by atoms with Gasteiger partial charge in [-0.2, -0.15) is 0 Å². The van der Waals surface area contributed by atoms with E-state index in [1.165, 1.54) is 11.8 Å². The third-order valence-electron chi connectivity index (χ3n) is 4.81. The number of carbonyl (C=O) groups excluding carboxylic acids is 2. The van der Waals surface area contributed by atoms with Crippen LogP contribution in [0.15, 0.2) is 59.8 Å². The second kappa shape index (κ2) is 10.8. The van der Waals surface area contributed by atoms with Gasteiger partial charge in [0.2, 0.25) is 5.91 Å². The standard InChI is InChI=1S/C23H27N5O2S/c1-4-28-20(14-24-22(30)19-12-8-9-16(2)13-19)26-27-23(28)31-15-21(29)25-17(3)18-10-6-5-7-11-18/h5-13,17H,4,14-15H2,1-3H3,(H,24,30)(H,25,29)/t17-/m1/s1. The van der Waals surface area contributed by atoms with Crippen molar-refractivity contribution in [3.63, 3.8) is 0 Å². The van der Waals surface area contributed by atoms with E-state index in [0.29, 0.717) is 23.1 Å². The van der Waals surface area contributed by atoms with Crippen LogP contribution in [-0.2, 0) is 17.9 Å². The highest BCUT2D eigenvalue weighted by Crippen LogP contribution is 2.18. The van der Waals surface area contributed by atoms with Gasteiger partial charge in [-0.15, -0.1) is 10.2 Å². The molecule has 1 atom stereocenters. The Kier molecular flexibility index (Phi) is 7.83. The number of hydrogen-bond donors (Lipinski definition) is 2. The molecule has 31 heavy (non-hydrogen) atoms. The second-order valence-electron chi connectivity index (χ2n) is 7.18. The first-order valence-electron chi connectivity index (χ1n) is 10.2. The highest BCUT2D eigenvalue weighted by Gasteiger charge is 2.15. The number of rotatable bonds is 9. The number of amides is 2. The van der Waals surface area contributed by atoms with Gasteiger partial charge in [-0.25, -0.2) is 0 Å². The minimum Gasteiger partial charge on any atom is -0.349 e. The quantitative estimate of drug-likeness (QED) is 0.500. The van der Waals surface area contributed by atoms with Crippen molar-refractivity contribution in [1.29, 1.82) is 0 Å². The molecule has 2 amide bonds. The summed E-state index contributed by atoms with van der Waals surface area (Å²) in [4.78, 5) is 24.7. The summed E-state index contributed by atoms with van der Waals surface area (Å²) < 4.78 is 1.91. The highest BCUT2D eigenvalue weighted by atomic mass is 32.2. The highest BCUT2D eigenvalue weighted by molar-refractivity contribution is 7.99. The number of nitrogens with zero attached hydrogens (tertiary/aromatic N) is 3. The van der Waals surface area contributed by atoms with Crippen molar-refractivity contribution in [3.8, 4) is 0 Å². The van der Waals surface area contributed by atoms with Gasteiger partial charge >= 0.3 is 0 Å². The molecule has 162 valence electrons. The minimum absolute atomic E-state index is 0.0641. The number of thioether (sulfide) groups is 1. The van der Waals surface area contributed by atoms with Crippen LogP contribution in [0.5, 0.6) is 0 Å². The first-order chi connectivity index (χ1) is 15.0. The molecule has 7 nitrogen and oxygen atoms in total. The van der Waals surface area contributed by atoms with Gasteiger partial charge in [0.1, 0.15) is 0 Å². The van der Waals surface area contributed by atoms with Gasteiger partial charge in [-0.3, -0.25) is 9.59 Å². The lowest BCUT2D eigenvalue weighted by molar-refractivity contribution is -0.119. The van der Waals surface area contributed by atoms with Gasteiger partial charge in [0.15, 0.2) is 11.0 Å². The molecule has 2 aromatic carbocycles. The van der Waals surface area contributed by atoms with Crippen LogP contribution in [-0.4, -0.2) is 32.3 Å². The van der Waals surface area contributed by atoms with E-state index < -0.39 is 0 Å². The Balaban J connectivity index is 1.54. The van der Waals surface area contributed by atoms with Crippen LogP contribution in [0.4, 0.5) is 0 Å². The predicted molar refractivity (Wildman–Crippen MR) is 122 cm³/mol. The topological polar surface area (TPSA) is 88.9 Å². The zero-order chi connectivity index (χ0) is 22.2. The van der Waals surface area contributed by atoms with Crippen molar-refractivity contribution >= 4 is 23.6 Å². The van der Waals surface area contributed by atoms with Crippen LogP contribution in [0.1, 0.15) is 47.2 Å². The maximum absolute atomic E-state index is 12.4.